The maximum Gasteiger partial charge on any atom is 0.295 e. The van der Waals surface area contributed by atoms with E-state index in [1.54, 1.807) is 6.07 Å². The molecule has 2 saturated heterocycles. The van der Waals surface area contributed by atoms with Crippen LogP contribution < -0.4 is 9.47 Å². The summed E-state index contributed by atoms with van der Waals surface area (Å²) < 4.78 is 29.9. The molecule has 0 radical (unpaired) electrons. The number of rotatable bonds is 8. The highest BCUT2D eigenvalue weighted by Gasteiger charge is 2.46. The summed E-state index contributed by atoms with van der Waals surface area (Å²) in [5, 5.41) is 21.2. The minimum Gasteiger partial charge on any atom is -0.507 e. The fourth-order valence-electron chi connectivity index (χ4n) is 4.58. The van der Waals surface area contributed by atoms with Crippen LogP contribution in [0.1, 0.15) is 23.6 Å². The van der Waals surface area contributed by atoms with Crippen molar-refractivity contribution < 1.29 is 38.4 Å². The summed E-state index contributed by atoms with van der Waals surface area (Å²) in [5.74, 6) is -2.82. The number of hydrogen-bond donors (Lipinski definition) is 2. The van der Waals surface area contributed by atoms with E-state index in [-0.39, 0.29) is 34.9 Å². The number of carbonyl (C=O) groups excluding carboxylic acids is 2. The summed E-state index contributed by atoms with van der Waals surface area (Å²) in [6.07, 6.45) is 0.593. The first-order valence-corrected chi connectivity index (χ1v) is 11.6. The molecule has 2 N–H and O–H groups in total. The number of amides is 1. The van der Waals surface area contributed by atoms with Crippen LogP contribution >= 0.6 is 0 Å². The second kappa shape index (κ2) is 11.0. The van der Waals surface area contributed by atoms with Crippen LogP contribution in [0.2, 0.25) is 0 Å². The van der Waals surface area contributed by atoms with Crippen LogP contribution in [-0.2, 0) is 14.3 Å². The summed E-state index contributed by atoms with van der Waals surface area (Å²) in [5.41, 5.74) is 0.338. The van der Waals surface area contributed by atoms with Crippen molar-refractivity contribution in [2.45, 2.75) is 12.5 Å². The number of benzene rings is 2. The summed E-state index contributed by atoms with van der Waals surface area (Å²) in [7, 11) is 2.71. The number of likely N-dealkylation sites (tertiary alicyclic amines) is 1. The molecule has 2 aromatic rings. The molecule has 4 rings (SSSR count). The molecule has 0 aliphatic carbocycles. The first kappa shape index (κ1) is 25.5. The molecular weight excluding hydrogens is 471 g/mol. The predicted octanol–water partition coefficient (Wildman–Crippen LogP) is 2.69. The molecule has 0 aromatic heterocycles. The number of halogens is 1. The van der Waals surface area contributed by atoms with Gasteiger partial charge in [0, 0.05) is 31.7 Å². The number of phenolic OH excluding ortho intramolecular Hbond substituents is 1. The van der Waals surface area contributed by atoms with Crippen molar-refractivity contribution in [1.82, 2.24) is 9.80 Å². The van der Waals surface area contributed by atoms with Gasteiger partial charge in [-0.05, 0) is 42.3 Å². The number of morpholine rings is 1. The van der Waals surface area contributed by atoms with E-state index in [0.717, 1.165) is 19.2 Å². The average molecular weight is 501 g/mol. The Morgan fingerprint density at radius 2 is 1.78 bits per heavy atom. The maximum absolute atomic E-state index is 14.4. The zero-order chi connectivity index (χ0) is 25.8. The van der Waals surface area contributed by atoms with Gasteiger partial charge in [0.15, 0.2) is 23.1 Å². The van der Waals surface area contributed by atoms with Gasteiger partial charge >= 0.3 is 0 Å². The number of aliphatic hydroxyl groups is 1. The Morgan fingerprint density at radius 1 is 1.06 bits per heavy atom. The number of nitrogens with zero attached hydrogens (tertiary/aromatic N) is 2. The number of phenols is 1. The first-order chi connectivity index (χ1) is 17.3. The molecule has 2 heterocycles. The predicted molar refractivity (Wildman–Crippen MR) is 128 cm³/mol. The lowest BCUT2D eigenvalue weighted by molar-refractivity contribution is -0.140. The average Bonchev–Trinajstić information content (AvgIpc) is 3.14. The Kier molecular flexibility index (Phi) is 7.76. The third kappa shape index (κ3) is 5.00. The molecule has 0 unspecified atom stereocenters. The van der Waals surface area contributed by atoms with Gasteiger partial charge < -0.3 is 29.3 Å². The van der Waals surface area contributed by atoms with Crippen molar-refractivity contribution in [3.05, 3.63) is 58.9 Å². The molecule has 0 bridgehead atoms. The number of carbonyl (C=O) groups is 2. The molecule has 192 valence electrons. The fourth-order valence-corrected chi connectivity index (χ4v) is 4.58. The van der Waals surface area contributed by atoms with Gasteiger partial charge in [-0.3, -0.25) is 14.5 Å². The number of ketones is 1. The Morgan fingerprint density at radius 3 is 2.44 bits per heavy atom. The number of Topliss-reactive ketones (excluding diaryl/α,β-unsaturated/α-hetero) is 1. The van der Waals surface area contributed by atoms with Crippen LogP contribution in [0.25, 0.3) is 5.76 Å². The minimum absolute atomic E-state index is 0.0186. The minimum atomic E-state index is -0.950. The zero-order valence-electron chi connectivity index (χ0n) is 20.2. The number of ether oxygens (including phenoxy) is 3. The van der Waals surface area contributed by atoms with Gasteiger partial charge in [-0.15, -0.1) is 0 Å². The van der Waals surface area contributed by atoms with Crippen LogP contribution in [0.5, 0.6) is 17.2 Å². The van der Waals surface area contributed by atoms with Crippen molar-refractivity contribution in [1.29, 1.82) is 0 Å². The first-order valence-electron chi connectivity index (χ1n) is 11.6. The Labute approximate surface area is 208 Å². The van der Waals surface area contributed by atoms with Gasteiger partial charge in [-0.1, -0.05) is 6.07 Å². The van der Waals surface area contributed by atoms with E-state index in [1.165, 1.54) is 43.4 Å². The topological polar surface area (TPSA) is 109 Å². The van der Waals surface area contributed by atoms with Gasteiger partial charge in [0.2, 0.25) is 0 Å². The van der Waals surface area contributed by atoms with Gasteiger partial charge in [0.05, 0.1) is 39.0 Å². The van der Waals surface area contributed by atoms with E-state index in [1.807, 2.05) is 0 Å². The third-order valence-electron chi connectivity index (χ3n) is 6.46. The zero-order valence-corrected chi connectivity index (χ0v) is 20.2. The van der Waals surface area contributed by atoms with E-state index in [0.29, 0.717) is 31.7 Å². The van der Waals surface area contributed by atoms with E-state index in [4.69, 9.17) is 14.2 Å². The van der Waals surface area contributed by atoms with Gasteiger partial charge in [0.1, 0.15) is 5.76 Å². The van der Waals surface area contributed by atoms with Crippen molar-refractivity contribution >= 4 is 17.4 Å². The SMILES string of the molecule is COc1cc([C@@H]2C(=C(O)c3ccc(OC)c(F)c3)C(=O)C(=O)N2CCCN2CCOCC2)ccc1O. The van der Waals surface area contributed by atoms with Crippen LogP contribution in [0.3, 0.4) is 0 Å². The standard InChI is InChI=1S/C26H29FN2O7/c1-34-20-7-5-17(14-18(20)27)24(31)22-23(16-4-6-19(30)21(15-16)35-2)29(26(33)25(22)32)9-3-8-28-10-12-36-13-11-28/h4-7,14-15,23,30-31H,3,8-13H2,1-2H3/t23-/m1/s1. The van der Waals surface area contributed by atoms with Gasteiger partial charge in [-0.2, -0.15) is 0 Å². The van der Waals surface area contributed by atoms with Crippen LogP contribution in [0, 0.1) is 5.82 Å². The van der Waals surface area contributed by atoms with E-state index in [9.17, 15) is 24.2 Å². The number of hydrogen-bond acceptors (Lipinski definition) is 8. The molecule has 10 heteroatoms. The van der Waals surface area contributed by atoms with E-state index < -0.39 is 29.3 Å². The third-order valence-corrected chi connectivity index (χ3v) is 6.46. The highest BCUT2D eigenvalue weighted by molar-refractivity contribution is 6.46. The molecule has 1 atom stereocenters. The molecule has 2 fully saturated rings. The Bertz CT molecular complexity index is 1180. The van der Waals surface area contributed by atoms with E-state index >= 15 is 0 Å². The monoisotopic (exact) mass is 500 g/mol. The largest absolute Gasteiger partial charge is 0.507 e. The summed E-state index contributed by atoms with van der Waals surface area (Å²) in [6, 6.07) is 7.32. The quantitative estimate of drug-likeness (QED) is 0.324. The van der Waals surface area contributed by atoms with Crippen LogP contribution in [0.15, 0.2) is 42.0 Å². The molecule has 2 aliphatic heterocycles. The second-order valence-corrected chi connectivity index (χ2v) is 8.58. The Hall–Kier alpha value is -3.63. The summed E-state index contributed by atoms with van der Waals surface area (Å²) in [4.78, 5) is 29.9. The summed E-state index contributed by atoms with van der Waals surface area (Å²) in [6.45, 7) is 3.85. The lowest BCUT2D eigenvalue weighted by atomic mass is 9.95. The molecule has 0 saturated carbocycles. The summed E-state index contributed by atoms with van der Waals surface area (Å²) >= 11 is 0. The molecule has 2 aromatic carbocycles. The van der Waals surface area contributed by atoms with Crippen molar-refractivity contribution in [2.75, 3.05) is 53.6 Å². The molecule has 0 spiro atoms. The fraction of sp³-hybridized carbons (Fsp3) is 0.385. The lowest BCUT2D eigenvalue weighted by Gasteiger charge is -2.29. The maximum atomic E-state index is 14.4. The van der Waals surface area contributed by atoms with Gasteiger partial charge in [0.25, 0.3) is 11.7 Å². The molecule has 1 amide bonds. The molecule has 36 heavy (non-hydrogen) atoms. The highest BCUT2D eigenvalue weighted by atomic mass is 19.1. The normalized spacial score (nSPS) is 20.1. The van der Waals surface area contributed by atoms with Crippen LogP contribution in [0.4, 0.5) is 4.39 Å². The van der Waals surface area contributed by atoms with Crippen LogP contribution in [-0.4, -0.2) is 85.3 Å². The smallest absolute Gasteiger partial charge is 0.295 e. The van der Waals surface area contributed by atoms with E-state index in [2.05, 4.69) is 4.90 Å². The molecule has 2 aliphatic rings. The van der Waals surface area contributed by atoms with Crippen molar-refractivity contribution in [3.8, 4) is 17.2 Å². The van der Waals surface area contributed by atoms with Crippen molar-refractivity contribution in [3.63, 3.8) is 0 Å². The van der Waals surface area contributed by atoms with Crippen molar-refractivity contribution in [2.24, 2.45) is 0 Å². The molecule has 9 nitrogen and oxygen atoms in total. The molecular formula is C26H29FN2O7. The number of aromatic hydroxyl groups is 1. The number of methoxy groups -OCH3 is 2. The Balaban J connectivity index is 1.73. The number of aliphatic hydroxyl groups excluding tert-OH is 1. The lowest BCUT2D eigenvalue weighted by Crippen LogP contribution is -2.38. The van der Waals surface area contributed by atoms with Gasteiger partial charge in [-0.25, -0.2) is 4.39 Å². The highest BCUT2D eigenvalue weighted by Crippen LogP contribution is 2.42. The second-order valence-electron chi connectivity index (χ2n) is 8.58.